The molecule has 0 saturated heterocycles. The maximum Gasteiger partial charge on any atom is 0.145 e. The van der Waals surface area contributed by atoms with Crippen LogP contribution in [-0.4, -0.2) is 19.6 Å². The first-order chi connectivity index (χ1) is 22.8. The number of hydrogen-bond acceptors (Lipinski definition) is 3. The average Bonchev–Trinajstić information content (AvgIpc) is 3.51. The lowest BCUT2D eigenvalue weighted by molar-refractivity contribution is 0.480. The number of nitrogens with zero attached hydrogens (tertiary/aromatic N) is 3. The lowest BCUT2D eigenvalue weighted by atomic mass is 9.85. The van der Waals surface area contributed by atoms with Crippen molar-refractivity contribution in [3.8, 4) is 45.1 Å². The highest BCUT2D eigenvalue weighted by Crippen LogP contribution is 2.46. The first-order valence-corrected chi connectivity index (χ1v) is 15.4. The highest BCUT2D eigenvalue weighted by atomic mass is 16.3. The number of rotatable bonds is 4. The number of phenolic OH excluding ortho intramolecular Hbond substituents is 1. The number of fused-ring (bicyclic) bond motifs is 4. The minimum Gasteiger partial charge on any atom is -0.506 e. The Bertz CT molecular complexity index is 2530. The quantitative estimate of drug-likeness (QED) is 0.208. The summed E-state index contributed by atoms with van der Waals surface area (Å²) in [5, 5.41) is 16.2. The highest BCUT2D eigenvalue weighted by molar-refractivity contribution is 6.23. The van der Waals surface area contributed by atoms with Gasteiger partial charge in [-0.25, -0.2) is 4.98 Å². The number of pyridine rings is 1. The van der Waals surface area contributed by atoms with Crippen molar-refractivity contribution in [1.29, 1.82) is 0 Å². The number of para-hydroxylation sites is 3. The molecule has 0 spiro atoms. The summed E-state index contributed by atoms with van der Waals surface area (Å²) < 4.78 is 2.24. The molecule has 46 heavy (non-hydrogen) atoms. The monoisotopic (exact) mass is 589 g/mol. The highest BCUT2D eigenvalue weighted by Gasteiger charge is 2.20. The molecule has 1 N–H and O–H groups in total. The number of aromatic hydroxyl groups is 1. The second-order valence-electron chi connectivity index (χ2n) is 11.5. The van der Waals surface area contributed by atoms with E-state index < -0.39 is 0 Å². The molecule has 0 atom stereocenters. The molecule has 0 amide bonds. The van der Waals surface area contributed by atoms with Gasteiger partial charge in [0.15, 0.2) is 0 Å². The topological polar surface area (TPSA) is 50.9 Å². The Kier molecular flexibility index (Phi) is 5.93. The standard InChI is InChI=1S/C42H27N3O/c46-38-25-24-34(35-17-10-26-43-41(35)38)40-32-15-6-4-13-30(32)39(31-14-5-7-16-33(31)40)27-20-22-28(23-21-27)42-44-36-18-8-9-19-37(36)45(42)29-11-2-1-3-12-29/h1-26,46H. The normalized spacial score (nSPS) is 11.6. The summed E-state index contributed by atoms with van der Waals surface area (Å²) in [4.78, 5) is 9.59. The van der Waals surface area contributed by atoms with Crippen molar-refractivity contribution in [2.24, 2.45) is 0 Å². The van der Waals surface area contributed by atoms with Gasteiger partial charge in [0.05, 0.1) is 11.0 Å². The van der Waals surface area contributed by atoms with Crippen molar-refractivity contribution in [3.63, 3.8) is 0 Å². The van der Waals surface area contributed by atoms with E-state index in [1.807, 2.05) is 30.3 Å². The van der Waals surface area contributed by atoms with Gasteiger partial charge in [0.1, 0.15) is 17.1 Å². The maximum atomic E-state index is 10.6. The molecule has 0 bridgehead atoms. The Morgan fingerprint density at radius 2 is 1.07 bits per heavy atom. The summed E-state index contributed by atoms with van der Waals surface area (Å²) in [6.07, 6.45) is 1.73. The smallest absolute Gasteiger partial charge is 0.145 e. The van der Waals surface area contributed by atoms with Gasteiger partial charge in [0, 0.05) is 22.8 Å². The van der Waals surface area contributed by atoms with Crippen LogP contribution in [0.2, 0.25) is 0 Å². The molecule has 2 heterocycles. The van der Waals surface area contributed by atoms with Crippen LogP contribution in [-0.2, 0) is 0 Å². The molecule has 0 fully saturated rings. The summed E-state index contributed by atoms with van der Waals surface area (Å²) in [5.41, 5.74) is 9.32. The van der Waals surface area contributed by atoms with Gasteiger partial charge in [-0.15, -0.1) is 0 Å². The molecule has 0 unspecified atom stereocenters. The molecule has 2 aromatic heterocycles. The fourth-order valence-corrected chi connectivity index (χ4v) is 6.95. The van der Waals surface area contributed by atoms with Crippen LogP contribution in [0.15, 0.2) is 158 Å². The van der Waals surface area contributed by atoms with E-state index >= 15 is 0 Å². The van der Waals surface area contributed by atoms with Gasteiger partial charge in [0.2, 0.25) is 0 Å². The van der Waals surface area contributed by atoms with E-state index in [0.717, 1.165) is 61.0 Å². The molecule has 0 radical (unpaired) electrons. The molecule has 0 aliphatic rings. The Hall–Kier alpha value is -6.26. The Labute approximate surface area is 265 Å². The van der Waals surface area contributed by atoms with Gasteiger partial charge in [-0.2, -0.15) is 0 Å². The zero-order valence-electron chi connectivity index (χ0n) is 24.8. The zero-order chi connectivity index (χ0) is 30.6. The van der Waals surface area contributed by atoms with Crippen LogP contribution >= 0.6 is 0 Å². The maximum absolute atomic E-state index is 10.6. The van der Waals surface area contributed by atoms with E-state index in [1.54, 1.807) is 12.3 Å². The first-order valence-electron chi connectivity index (χ1n) is 15.4. The second-order valence-corrected chi connectivity index (χ2v) is 11.5. The van der Waals surface area contributed by atoms with Crippen LogP contribution in [0.5, 0.6) is 5.75 Å². The Morgan fingerprint density at radius 3 is 1.78 bits per heavy atom. The van der Waals surface area contributed by atoms with Gasteiger partial charge < -0.3 is 5.11 Å². The molecule has 7 aromatic carbocycles. The van der Waals surface area contributed by atoms with E-state index in [-0.39, 0.29) is 5.75 Å². The number of phenols is 1. The van der Waals surface area contributed by atoms with Crippen molar-refractivity contribution in [3.05, 3.63) is 158 Å². The van der Waals surface area contributed by atoms with Crippen molar-refractivity contribution >= 4 is 43.5 Å². The minimum atomic E-state index is 0.186. The fourth-order valence-electron chi connectivity index (χ4n) is 6.95. The third-order valence-corrected chi connectivity index (χ3v) is 8.96. The molecule has 0 aliphatic carbocycles. The van der Waals surface area contributed by atoms with Gasteiger partial charge in [0.25, 0.3) is 0 Å². The lowest BCUT2D eigenvalue weighted by Crippen LogP contribution is -1.97. The van der Waals surface area contributed by atoms with Crippen LogP contribution in [0.4, 0.5) is 0 Å². The molecule has 216 valence electrons. The Morgan fingerprint density at radius 1 is 0.478 bits per heavy atom. The zero-order valence-corrected chi connectivity index (χ0v) is 24.8. The van der Waals surface area contributed by atoms with Crippen LogP contribution in [0, 0.1) is 0 Å². The van der Waals surface area contributed by atoms with Crippen LogP contribution in [0.1, 0.15) is 0 Å². The predicted molar refractivity (Wildman–Crippen MR) is 189 cm³/mol. The van der Waals surface area contributed by atoms with E-state index in [4.69, 9.17) is 4.98 Å². The summed E-state index contributed by atoms with van der Waals surface area (Å²) in [7, 11) is 0. The Balaban J connectivity index is 1.27. The lowest BCUT2D eigenvalue weighted by Gasteiger charge is -2.19. The second kappa shape index (κ2) is 10.4. The number of aromatic nitrogens is 3. The van der Waals surface area contributed by atoms with E-state index in [9.17, 15) is 5.11 Å². The third-order valence-electron chi connectivity index (χ3n) is 8.96. The van der Waals surface area contributed by atoms with E-state index in [0.29, 0.717) is 5.52 Å². The molecule has 0 aliphatic heterocycles. The largest absolute Gasteiger partial charge is 0.506 e. The fraction of sp³-hybridized carbons (Fsp3) is 0. The van der Waals surface area contributed by atoms with Crippen LogP contribution in [0.3, 0.4) is 0 Å². The summed E-state index contributed by atoms with van der Waals surface area (Å²) >= 11 is 0. The number of imidazole rings is 1. The number of benzene rings is 7. The van der Waals surface area contributed by atoms with E-state index in [2.05, 4.69) is 125 Å². The van der Waals surface area contributed by atoms with Crippen molar-refractivity contribution in [2.45, 2.75) is 0 Å². The van der Waals surface area contributed by atoms with Crippen LogP contribution in [0.25, 0.3) is 82.8 Å². The summed E-state index contributed by atoms with van der Waals surface area (Å²) in [6.45, 7) is 0. The van der Waals surface area contributed by atoms with Gasteiger partial charge in [-0.3, -0.25) is 9.55 Å². The van der Waals surface area contributed by atoms with Gasteiger partial charge >= 0.3 is 0 Å². The molecule has 9 aromatic rings. The predicted octanol–water partition coefficient (Wildman–Crippen LogP) is 10.6. The molecular weight excluding hydrogens is 562 g/mol. The van der Waals surface area contributed by atoms with Crippen molar-refractivity contribution < 1.29 is 5.11 Å². The van der Waals surface area contributed by atoms with Gasteiger partial charge in [-0.05, 0) is 86.3 Å². The third kappa shape index (κ3) is 4.01. The summed E-state index contributed by atoms with van der Waals surface area (Å²) in [5.74, 6) is 1.10. The molecular formula is C42H27N3O. The van der Waals surface area contributed by atoms with Crippen LogP contribution < -0.4 is 0 Å². The molecule has 4 nitrogen and oxygen atoms in total. The van der Waals surface area contributed by atoms with Crippen molar-refractivity contribution in [1.82, 2.24) is 14.5 Å². The number of hydrogen-bond donors (Lipinski definition) is 1. The minimum absolute atomic E-state index is 0.186. The average molecular weight is 590 g/mol. The summed E-state index contributed by atoms with van der Waals surface area (Å²) in [6, 6.07) is 52.5. The molecule has 9 rings (SSSR count). The first kappa shape index (κ1) is 26.2. The van der Waals surface area contributed by atoms with Crippen molar-refractivity contribution in [2.75, 3.05) is 0 Å². The SMILES string of the molecule is Oc1ccc(-c2c3ccccc3c(-c3ccc(-c4nc5ccccc5n4-c4ccccc4)cc3)c3ccccc23)c2cccnc12. The molecule has 0 saturated carbocycles. The van der Waals surface area contributed by atoms with Gasteiger partial charge in [-0.1, -0.05) is 109 Å². The van der Waals surface area contributed by atoms with E-state index in [1.165, 1.54) is 16.3 Å². The molecule has 4 heteroatoms.